The SMILES string of the molecule is COc1cc(/C=C2\SC(=Nc3cc(C)c(Br)c(C)c3)NC2=O)cc(Br)c1Oc1ccc([N+](=O)[O-])cc1[N+](=O)[O-]. The van der Waals surface area contributed by atoms with Crippen molar-refractivity contribution in [3.63, 3.8) is 0 Å². The number of benzene rings is 3. The summed E-state index contributed by atoms with van der Waals surface area (Å²) < 4.78 is 12.6. The predicted octanol–water partition coefficient (Wildman–Crippen LogP) is 7.34. The molecule has 0 aromatic heterocycles. The van der Waals surface area contributed by atoms with Crippen molar-refractivity contribution in [2.45, 2.75) is 13.8 Å². The minimum absolute atomic E-state index is 0.114. The summed E-state index contributed by atoms with van der Waals surface area (Å²) in [7, 11) is 1.39. The first-order chi connectivity index (χ1) is 18.5. The maximum absolute atomic E-state index is 12.6. The number of aliphatic imine (C=N–C) groups is 1. The number of carbonyl (C=O) groups is 1. The third-order valence-corrected chi connectivity index (χ3v) is 8.16. The lowest BCUT2D eigenvalue weighted by atomic mass is 10.1. The van der Waals surface area contributed by atoms with E-state index >= 15 is 0 Å². The van der Waals surface area contributed by atoms with Crippen molar-refractivity contribution in [2.75, 3.05) is 7.11 Å². The Balaban J connectivity index is 1.63. The number of hydrogen-bond acceptors (Lipinski definition) is 9. The number of hydrogen-bond donors (Lipinski definition) is 1. The van der Waals surface area contributed by atoms with Gasteiger partial charge in [-0.2, -0.15) is 0 Å². The first kappa shape index (κ1) is 28.3. The number of ether oxygens (including phenoxy) is 2. The van der Waals surface area contributed by atoms with Gasteiger partial charge in [0.1, 0.15) is 0 Å². The van der Waals surface area contributed by atoms with Gasteiger partial charge >= 0.3 is 5.69 Å². The highest BCUT2D eigenvalue weighted by Crippen LogP contribution is 2.43. The molecule has 0 bridgehead atoms. The molecule has 0 atom stereocenters. The molecular weight excluding hydrogens is 660 g/mol. The zero-order valence-corrected chi connectivity index (χ0v) is 24.5. The smallest absolute Gasteiger partial charge is 0.318 e. The van der Waals surface area contributed by atoms with E-state index in [4.69, 9.17) is 9.47 Å². The fourth-order valence-corrected chi connectivity index (χ4v) is 5.23. The third kappa shape index (κ3) is 6.29. The second-order valence-corrected chi connectivity index (χ2v) is 10.9. The van der Waals surface area contributed by atoms with Gasteiger partial charge in [-0.15, -0.1) is 0 Å². The molecule has 1 amide bonds. The molecule has 0 radical (unpaired) electrons. The maximum Gasteiger partial charge on any atom is 0.318 e. The molecule has 3 aromatic carbocycles. The summed E-state index contributed by atoms with van der Waals surface area (Å²) in [5, 5.41) is 25.7. The molecule has 14 heteroatoms. The number of nitrogens with one attached hydrogen (secondary N) is 1. The number of carbonyl (C=O) groups excluding carboxylic acids is 1. The summed E-state index contributed by atoms with van der Waals surface area (Å²) in [6.07, 6.45) is 1.64. The number of nitrogens with zero attached hydrogens (tertiary/aromatic N) is 3. The Kier molecular flexibility index (Phi) is 8.37. The van der Waals surface area contributed by atoms with Crippen LogP contribution in [0.2, 0.25) is 0 Å². The highest BCUT2D eigenvalue weighted by atomic mass is 79.9. The summed E-state index contributed by atoms with van der Waals surface area (Å²) in [6.45, 7) is 3.93. The monoisotopic (exact) mass is 676 g/mol. The van der Waals surface area contributed by atoms with E-state index < -0.39 is 21.2 Å². The van der Waals surface area contributed by atoms with E-state index in [1.54, 1.807) is 18.2 Å². The molecule has 11 nitrogen and oxygen atoms in total. The van der Waals surface area contributed by atoms with E-state index in [1.807, 2.05) is 26.0 Å². The van der Waals surface area contributed by atoms with Crippen LogP contribution in [0.5, 0.6) is 17.2 Å². The number of nitro groups is 2. The van der Waals surface area contributed by atoms with Crippen molar-refractivity contribution in [2.24, 2.45) is 4.99 Å². The van der Waals surface area contributed by atoms with Crippen LogP contribution in [0, 0.1) is 34.1 Å². The molecule has 1 aliphatic rings. The largest absolute Gasteiger partial charge is 0.493 e. The number of amides is 1. The van der Waals surface area contributed by atoms with Crippen molar-refractivity contribution >= 4 is 77.8 Å². The molecule has 1 aliphatic heterocycles. The lowest BCUT2D eigenvalue weighted by Gasteiger charge is -2.13. The van der Waals surface area contributed by atoms with Crippen LogP contribution in [-0.4, -0.2) is 28.0 Å². The number of methoxy groups -OCH3 is 1. The fourth-order valence-electron chi connectivity index (χ4n) is 3.62. The Morgan fingerprint density at radius 1 is 1.00 bits per heavy atom. The number of rotatable bonds is 7. The van der Waals surface area contributed by atoms with Crippen molar-refractivity contribution in [1.82, 2.24) is 5.32 Å². The van der Waals surface area contributed by atoms with Crippen molar-refractivity contribution in [3.05, 3.63) is 93.2 Å². The first-order valence-electron chi connectivity index (χ1n) is 11.0. The Labute approximate surface area is 242 Å². The lowest BCUT2D eigenvalue weighted by Crippen LogP contribution is -2.19. The third-order valence-electron chi connectivity index (χ3n) is 5.41. The average Bonchev–Trinajstić information content (AvgIpc) is 3.21. The van der Waals surface area contributed by atoms with Crippen molar-refractivity contribution in [1.29, 1.82) is 0 Å². The van der Waals surface area contributed by atoms with Crippen LogP contribution in [0.15, 0.2) is 61.3 Å². The van der Waals surface area contributed by atoms with Gasteiger partial charge < -0.3 is 14.8 Å². The quantitative estimate of drug-likeness (QED) is 0.155. The van der Waals surface area contributed by atoms with E-state index in [2.05, 4.69) is 42.2 Å². The summed E-state index contributed by atoms with van der Waals surface area (Å²) in [4.78, 5) is 38.6. The molecule has 1 N–H and O–H groups in total. The number of non-ortho nitro benzene ring substituents is 1. The summed E-state index contributed by atoms with van der Waals surface area (Å²) in [5.41, 5.74) is 2.33. The van der Waals surface area contributed by atoms with Crippen LogP contribution >= 0.6 is 43.6 Å². The lowest BCUT2D eigenvalue weighted by molar-refractivity contribution is -0.394. The van der Waals surface area contributed by atoms with Crippen LogP contribution in [0.4, 0.5) is 17.1 Å². The molecule has 1 heterocycles. The van der Waals surface area contributed by atoms with Gasteiger partial charge in [-0.05, 0) is 94.6 Å². The fraction of sp³-hybridized carbons (Fsp3) is 0.120. The van der Waals surface area contributed by atoms with Crippen molar-refractivity contribution in [3.8, 4) is 17.2 Å². The van der Waals surface area contributed by atoms with E-state index in [0.717, 1.165) is 33.8 Å². The second kappa shape index (κ2) is 11.6. The van der Waals surface area contributed by atoms with Crippen LogP contribution in [0.1, 0.15) is 16.7 Å². The molecular formula is C25H18Br2N4O7S. The van der Waals surface area contributed by atoms with Crippen LogP contribution in [-0.2, 0) is 4.79 Å². The van der Waals surface area contributed by atoms with Gasteiger partial charge in [0.05, 0.1) is 38.1 Å². The Morgan fingerprint density at radius 2 is 1.69 bits per heavy atom. The standard InChI is InChI=1S/C25H18Br2N4O7S/c1-12-6-15(7-13(2)22(12)27)28-25-29-24(32)21(39-25)10-14-8-17(26)23(20(9-14)37-3)38-19-5-4-16(30(33)34)11-18(19)31(35)36/h4-11H,1-3H3,(H,28,29,32)/b21-10-. The molecule has 0 aliphatic carbocycles. The normalized spacial score (nSPS) is 14.9. The number of aryl methyl sites for hydroxylation is 2. The maximum atomic E-state index is 12.6. The number of halogens is 2. The van der Waals surface area contributed by atoms with Gasteiger partial charge in [0.2, 0.25) is 5.75 Å². The zero-order chi connectivity index (χ0) is 28.4. The molecule has 0 unspecified atom stereocenters. The molecule has 4 rings (SSSR count). The second-order valence-electron chi connectivity index (χ2n) is 8.18. The average molecular weight is 678 g/mol. The number of amidine groups is 1. The van der Waals surface area contributed by atoms with Crippen molar-refractivity contribution < 1.29 is 24.1 Å². The number of nitro benzene ring substituents is 2. The summed E-state index contributed by atoms with van der Waals surface area (Å²) >= 11 is 8.10. The molecule has 39 heavy (non-hydrogen) atoms. The minimum atomic E-state index is -0.770. The van der Waals surface area contributed by atoms with E-state index in [9.17, 15) is 25.0 Å². The molecule has 1 fully saturated rings. The van der Waals surface area contributed by atoms with Gasteiger partial charge in [0.25, 0.3) is 11.6 Å². The minimum Gasteiger partial charge on any atom is -0.493 e. The van der Waals surface area contributed by atoms with Gasteiger partial charge in [0, 0.05) is 10.5 Å². The Morgan fingerprint density at radius 3 is 2.31 bits per heavy atom. The summed E-state index contributed by atoms with van der Waals surface area (Å²) in [6, 6.07) is 10.1. The molecule has 0 spiro atoms. The van der Waals surface area contributed by atoms with Gasteiger partial charge in [-0.3, -0.25) is 25.0 Å². The van der Waals surface area contributed by atoms with Gasteiger partial charge in [-0.25, -0.2) is 4.99 Å². The van der Waals surface area contributed by atoms with E-state index in [1.165, 1.54) is 18.9 Å². The highest BCUT2D eigenvalue weighted by molar-refractivity contribution is 9.10. The Bertz CT molecular complexity index is 1580. The highest BCUT2D eigenvalue weighted by Gasteiger charge is 2.26. The molecule has 200 valence electrons. The Hall–Kier alpha value is -3.75. The molecule has 1 saturated heterocycles. The van der Waals surface area contributed by atoms with E-state index in [0.29, 0.717) is 25.8 Å². The van der Waals surface area contributed by atoms with Crippen LogP contribution in [0.25, 0.3) is 6.08 Å². The first-order valence-corrected chi connectivity index (χ1v) is 13.4. The summed E-state index contributed by atoms with van der Waals surface area (Å²) in [5.74, 6) is -0.202. The molecule has 0 saturated carbocycles. The topological polar surface area (TPSA) is 146 Å². The zero-order valence-electron chi connectivity index (χ0n) is 20.5. The van der Waals surface area contributed by atoms with E-state index in [-0.39, 0.29) is 23.2 Å². The number of thioether (sulfide) groups is 1. The molecule has 3 aromatic rings. The van der Waals surface area contributed by atoms with Gasteiger partial charge in [0.15, 0.2) is 16.7 Å². The van der Waals surface area contributed by atoms with Crippen LogP contribution < -0.4 is 14.8 Å². The van der Waals surface area contributed by atoms with Gasteiger partial charge in [-0.1, -0.05) is 15.9 Å². The predicted molar refractivity (Wildman–Crippen MR) is 155 cm³/mol. The van der Waals surface area contributed by atoms with Crippen LogP contribution in [0.3, 0.4) is 0 Å².